The second-order valence-electron chi connectivity index (χ2n) is 4.49. The highest BCUT2D eigenvalue weighted by Crippen LogP contribution is 2.55. The second kappa shape index (κ2) is 3.71. The highest BCUT2D eigenvalue weighted by atomic mass is 79.9. The maximum Gasteiger partial charge on any atom is 0.231 e. The molecule has 0 radical (unpaired) electrons. The van der Waals surface area contributed by atoms with Crippen molar-refractivity contribution in [1.82, 2.24) is 0 Å². The Labute approximate surface area is 107 Å². The van der Waals surface area contributed by atoms with Gasteiger partial charge in [0.25, 0.3) is 0 Å². The Bertz CT molecular complexity index is 497. The molecule has 17 heavy (non-hydrogen) atoms. The van der Waals surface area contributed by atoms with Crippen LogP contribution in [0.5, 0.6) is 11.5 Å². The molecule has 0 bridgehead atoms. The molecule has 1 aliphatic heterocycles. The first-order chi connectivity index (χ1) is 8.22. The van der Waals surface area contributed by atoms with E-state index in [1.54, 1.807) is 0 Å². The molecule has 0 amide bonds. The summed E-state index contributed by atoms with van der Waals surface area (Å²) in [5.74, 6) is 1.24. The number of halogens is 1. The number of hydrogen-bond donors (Lipinski definition) is 1. The fourth-order valence-corrected chi connectivity index (χ4v) is 2.80. The Balaban J connectivity index is 2.21. The molecule has 0 aromatic heterocycles. The van der Waals surface area contributed by atoms with Gasteiger partial charge in [-0.15, -0.1) is 0 Å². The summed E-state index contributed by atoms with van der Waals surface area (Å²) in [5.41, 5.74) is 7.42. The van der Waals surface area contributed by atoms with Gasteiger partial charge in [0.1, 0.15) is 0 Å². The first-order valence-corrected chi connectivity index (χ1v) is 6.29. The summed E-state index contributed by atoms with van der Waals surface area (Å²) in [7, 11) is 0. The number of fused-ring (bicyclic) bond motifs is 1. The van der Waals surface area contributed by atoms with Crippen LogP contribution in [0.2, 0.25) is 0 Å². The summed E-state index contributed by atoms with van der Waals surface area (Å²) in [4.78, 5) is 11.0. The van der Waals surface area contributed by atoms with Gasteiger partial charge >= 0.3 is 0 Å². The lowest BCUT2D eigenvalue weighted by Crippen LogP contribution is -2.20. The Morgan fingerprint density at radius 2 is 2.12 bits per heavy atom. The fraction of sp³-hybridized carbons (Fsp3) is 0.417. The van der Waals surface area contributed by atoms with Crippen molar-refractivity contribution in [3.8, 4) is 11.5 Å². The van der Waals surface area contributed by atoms with E-state index in [1.165, 1.54) is 0 Å². The molecule has 1 aliphatic carbocycles. The Morgan fingerprint density at radius 3 is 2.71 bits per heavy atom. The highest BCUT2D eigenvalue weighted by Gasteiger charge is 2.47. The van der Waals surface area contributed by atoms with Crippen LogP contribution < -0.4 is 15.2 Å². The number of ether oxygens (including phenoxy) is 2. The highest BCUT2D eigenvalue weighted by molar-refractivity contribution is 9.10. The molecule has 1 fully saturated rings. The average molecular weight is 298 g/mol. The lowest BCUT2D eigenvalue weighted by molar-refractivity contribution is 0.111. The van der Waals surface area contributed by atoms with E-state index in [-0.39, 0.29) is 12.2 Å². The molecule has 4 nitrogen and oxygen atoms in total. The molecule has 2 aliphatic rings. The van der Waals surface area contributed by atoms with Gasteiger partial charge in [0.2, 0.25) is 6.79 Å². The van der Waals surface area contributed by atoms with Gasteiger partial charge in [-0.2, -0.15) is 0 Å². The van der Waals surface area contributed by atoms with Gasteiger partial charge in [-0.25, -0.2) is 0 Å². The number of benzene rings is 1. The van der Waals surface area contributed by atoms with Crippen molar-refractivity contribution in [3.05, 3.63) is 21.7 Å². The van der Waals surface area contributed by atoms with Gasteiger partial charge in [-0.3, -0.25) is 4.79 Å². The molecule has 1 aromatic rings. The molecular formula is C12H12BrNO3. The Hall–Kier alpha value is -1.07. The summed E-state index contributed by atoms with van der Waals surface area (Å²) in [5, 5.41) is 0. The lowest BCUT2D eigenvalue weighted by Gasteiger charge is -2.16. The molecule has 1 aromatic carbocycles. The molecule has 2 N–H and O–H groups in total. The Morgan fingerprint density at radius 1 is 1.41 bits per heavy atom. The minimum Gasteiger partial charge on any atom is -0.453 e. The van der Waals surface area contributed by atoms with E-state index in [9.17, 15) is 4.79 Å². The van der Waals surface area contributed by atoms with E-state index in [0.717, 1.165) is 29.2 Å². The minimum atomic E-state index is 0.0156. The third kappa shape index (κ3) is 1.49. The predicted molar refractivity (Wildman–Crippen MR) is 65.6 cm³/mol. The van der Waals surface area contributed by atoms with Gasteiger partial charge in [-0.05, 0) is 34.8 Å². The third-order valence-electron chi connectivity index (χ3n) is 3.56. The molecule has 5 heteroatoms. The van der Waals surface area contributed by atoms with Gasteiger partial charge < -0.3 is 15.2 Å². The van der Waals surface area contributed by atoms with E-state index in [1.807, 2.05) is 6.07 Å². The number of aldehydes is 1. The van der Waals surface area contributed by atoms with Gasteiger partial charge in [0, 0.05) is 22.0 Å². The quantitative estimate of drug-likeness (QED) is 0.867. The monoisotopic (exact) mass is 297 g/mol. The van der Waals surface area contributed by atoms with E-state index in [2.05, 4.69) is 15.9 Å². The number of carbonyl (C=O) groups excluding carboxylic acids is 1. The van der Waals surface area contributed by atoms with Crippen molar-refractivity contribution in [2.45, 2.75) is 18.3 Å². The zero-order valence-corrected chi connectivity index (χ0v) is 10.7. The van der Waals surface area contributed by atoms with Gasteiger partial charge in [0.15, 0.2) is 17.8 Å². The molecule has 0 spiro atoms. The Kier molecular flexibility index (Phi) is 2.41. The van der Waals surface area contributed by atoms with Crippen LogP contribution in [0.25, 0.3) is 0 Å². The molecule has 1 heterocycles. The molecule has 3 rings (SSSR count). The summed E-state index contributed by atoms with van der Waals surface area (Å²) in [6.07, 6.45) is 2.90. The standard InChI is InChI=1S/C12H12BrNO3/c13-9-3-8(12(5-14)1-2-12)11-10(7(9)4-15)16-6-17-11/h3-4H,1-2,5-6,14H2. The van der Waals surface area contributed by atoms with Crippen molar-refractivity contribution < 1.29 is 14.3 Å². The minimum absolute atomic E-state index is 0.0156. The van der Waals surface area contributed by atoms with E-state index >= 15 is 0 Å². The van der Waals surface area contributed by atoms with Crippen molar-refractivity contribution in [2.24, 2.45) is 5.73 Å². The molecule has 90 valence electrons. The van der Waals surface area contributed by atoms with Crippen molar-refractivity contribution in [3.63, 3.8) is 0 Å². The molecular weight excluding hydrogens is 286 g/mol. The zero-order chi connectivity index (χ0) is 12.0. The SMILES string of the molecule is NCC1(c2cc(Br)c(C=O)c3c2OCO3)CC1. The summed E-state index contributed by atoms with van der Waals surface area (Å²) in [6, 6.07) is 1.94. The zero-order valence-electron chi connectivity index (χ0n) is 9.16. The summed E-state index contributed by atoms with van der Waals surface area (Å²) >= 11 is 3.40. The average Bonchev–Trinajstić information content (AvgIpc) is 2.99. The smallest absolute Gasteiger partial charge is 0.231 e. The van der Waals surface area contributed by atoms with Gasteiger partial charge in [0.05, 0.1) is 5.56 Å². The molecule has 1 saturated carbocycles. The van der Waals surface area contributed by atoms with Crippen LogP contribution in [0.4, 0.5) is 0 Å². The van der Waals surface area contributed by atoms with Crippen LogP contribution >= 0.6 is 15.9 Å². The molecule has 0 unspecified atom stereocenters. The van der Waals surface area contributed by atoms with E-state index in [4.69, 9.17) is 15.2 Å². The first-order valence-electron chi connectivity index (χ1n) is 5.50. The van der Waals surface area contributed by atoms with E-state index in [0.29, 0.717) is 23.6 Å². The maximum absolute atomic E-state index is 11.0. The van der Waals surface area contributed by atoms with Crippen molar-refractivity contribution >= 4 is 22.2 Å². The van der Waals surface area contributed by atoms with Crippen molar-refractivity contribution in [1.29, 1.82) is 0 Å². The first kappa shape index (κ1) is 11.0. The van der Waals surface area contributed by atoms with Gasteiger partial charge in [-0.1, -0.05) is 0 Å². The number of carbonyl (C=O) groups is 1. The van der Waals surface area contributed by atoms with Crippen molar-refractivity contribution in [2.75, 3.05) is 13.3 Å². The number of hydrogen-bond acceptors (Lipinski definition) is 4. The topological polar surface area (TPSA) is 61.6 Å². The van der Waals surface area contributed by atoms with Crippen LogP contribution in [-0.2, 0) is 5.41 Å². The summed E-state index contributed by atoms with van der Waals surface area (Å²) in [6.45, 7) is 0.760. The maximum atomic E-state index is 11.0. The van der Waals surface area contributed by atoms with Crippen LogP contribution in [-0.4, -0.2) is 19.6 Å². The summed E-state index contributed by atoms with van der Waals surface area (Å²) < 4.78 is 11.6. The van der Waals surface area contributed by atoms with Crippen LogP contribution in [0.3, 0.4) is 0 Å². The fourth-order valence-electron chi connectivity index (χ4n) is 2.30. The number of nitrogens with two attached hydrogens (primary N) is 1. The van der Waals surface area contributed by atoms with E-state index < -0.39 is 0 Å². The second-order valence-corrected chi connectivity index (χ2v) is 5.34. The largest absolute Gasteiger partial charge is 0.453 e. The third-order valence-corrected chi connectivity index (χ3v) is 4.22. The van der Waals surface area contributed by atoms with Crippen LogP contribution in [0.1, 0.15) is 28.8 Å². The number of rotatable bonds is 3. The lowest BCUT2D eigenvalue weighted by atomic mass is 9.93. The normalized spacial score (nSPS) is 19.2. The molecule has 0 saturated heterocycles. The van der Waals surface area contributed by atoms with Crippen LogP contribution in [0.15, 0.2) is 10.5 Å². The van der Waals surface area contributed by atoms with Crippen LogP contribution in [0, 0.1) is 0 Å². The predicted octanol–water partition coefficient (Wildman–Crippen LogP) is 1.98. The molecule has 0 atom stereocenters.